The van der Waals surface area contributed by atoms with Crippen molar-refractivity contribution in [3.05, 3.63) is 76.9 Å². The molecule has 0 unspecified atom stereocenters. The zero-order chi connectivity index (χ0) is 25.8. The molecule has 5 rings (SSSR count). The summed E-state index contributed by atoms with van der Waals surface area (Å²) in [6.45, 7) is 8.18. The fourth-order valence-corrected chi connectivity index (χ4v) is 9.98. The summed E-state index contributed by atoms with van der Waals surface area (Å²) in [4.78, 5) is 0. The van der Waals surface area contributed by atoms with Crippen molar-refractivity contribution >= 4 is 21.6 Å². The van der Waals surface area contributed by atoms with Gasteiger partial charge in [-0.05, 0) is 115 Å². The minimum atomic E-state index is 0.331. The van der Waals surface area contributed by atoms with Gasteiger partial charge in [-0.3, -0.25) is 0 Å². The second kappa shape index (κ2) is 12.2. The summed E-state index contributed by atoms with van der Waals surface area (Å²) < 4.78 is 0. The predicted molar refractivity (Wildman–Crippen MR) is 162 cm³/mol. The molecule has 0 aromatic heterocycles. The van der Waals surface area contributed by atoms with Crippen molar-refractivity contribution in [2.75, 3.05) is 11.5 Å². The number of fused-ring (bicyclic) bond motifs is 5. The van der Waals surface area contributed by atoms with E-state index < -0.39 is 0 Å². The molecule has 2 nitrogen and oxygen atoms in total. The average Bonchev–Trinajstić information content (AvgIpc) is 2.85. The van der Waals surface area contributed by atoms with Gasteiger partial charge in [0.15, 0.2) is 0 Å². The molecule has 2 N–H and O–H groups in total. The van der Waals surface area contributed by atoms with Gasteiger partial charge >= 0.3 is 0 Å². The third-order valence-corrected chi connectivity index (χ3v) is 11.8. The lowest BCUT2D eigenvalue weighted by Crippen LogP contribution is -2.37. The van der Waals surface area contributed by atoms with E-state index >= 15 is 0 Å². The lowest BCUT2D eigenvalue weighted by atomic mass is 9.60. The third-order valence-electron chi connectivity index (χ3n) is 9.08. The van der Waals surface area contributed by atoms with E-state index in [1.54, 1.807) is 0 Å². The molecule has 2 aliphatic carbocycles. The topological polar surface area (TPSA) is 32.3 Å². The lowest BCUT2D eigenvalue weighted by molar-refractivity contribution is 0.0932. The van der Waals surface area contributed by atoms with Crippen LogP contribution >= 0.6 is 21.6 Å². The van der Waals surface area contributed by atoms with Gasteiger partial charge in [-0.2, -0.15) is 0 Å². The van der Waals surface area contributed by atoms with E-state index in [1.807, 2.05) is 12.1 Å². The molecule has 37 heavy (non-hydrogen) atoms. The van der Waals surface area contributed by atoms with Crippen LogP contribution in [0.4, 0.5) is 0 Å². The van der Waals surface area contributed by atoms with Crippen molar-refractivity contribution in [3.8, 4) is 5.75 Å². The summed E-state index contributed by atoms with van der Waals surface area (Å²) in [6.07, 6.45) is 13.6. The summed E-state index contributed by atoms with van der Waals surface area (Å²) in [7, 11) is 4.16. The Morgan fingerprint density at radius 1 is 0.919 bits per heavy atom. The summed E-state index contributed by atoms with van der Waals surface area (Å²) in [5.41, 5.74) is 5.59. The van der Waals surface area contributed by atoms with Crippen molar-refractivity contribution in [1.29, 1.82) is 0 Å². The number of allylic oxidation sites excluding steroid dienone is 2. The Balaban J connectivity index is 1.42. The molecule has 0 spiro atoms. The number of nitrogens with one attached hydrogen (secondary N) is 1. The van der Waals surface area contributed by atoms with Crippen LogP contribution in [0.2, 0.25) is 0 Å². The van der Waals surface area contributed by atoms with Gasteiger partial charge in [-0.25, -0.2) is 0 Å². The molecule has 4 heteroatoms. The highest BCUT2D eigenvalue weighted by Gasteiger charge is 2.40. The monoisotopic (exact) mass is 535 g/mol. The van der Waals surface area contributed by atoms with Crippen molar-refractivity contribution < 1.29 is 5.11 Å². The third kappa shape index (κ3) is 7.19. The second-order valence-electron chi connectivity index (χ2n) is 12.6. The summed E-state index contributed by atoms with van der Waals surface area (Å²) in [5.74, 6) is 5.83. The number of phenols is 1. The summed E-state index contributed by atoms with van der Waals surface area (Å²) in [5, 5.41) is 14.5. The molecule has 6 atom stereocenters. The van der Waals surface area contributed by atoms with Crippen LogP contribution < -0.4 is 5.32 Å². The van der Waals surface area contributed by atoms with Gasteiger partial charge in [0.25, 0.3) is 0 Å². The molecular weight excluding hydrogens is 491 g/mol. The Kier molecular flexibility index (Phi) is 8.99. The first-order chi connectivity index (χ1) is 17.9. The van der Waals surface area contributed by atoms with Gasteiger partial charge in [-0.1, -0.05) is 77.9 Å². The Hall–Kier alpha value is -1.36. The number of aromatic hydroxyl groups is 1. The van der Waals surface area contributed by atoms with Crippen LogP contribution in [0.15, 0.2) is 54.6 Å². The Morgan fingerprint density at radius 3 is 2.51 bits per heavy atom. The van der Waals surface area contributed by atoms with Crippen molar-refractivity contribution in [3.63, 3.8) is 0 Å². The van der Waals surface area contributed by atoms with E-state index in [0.717, 1.165) is 42.9 Å². The molecule has 2 aromatic carbocycles. The molecule has 1 fully saturated rings. The highest BCUT2D eigenvalue weighted by atomic mass is 33.1. The first kappa shape index (κ1) is 27.2. The van der Waals surface area contributed by atoms with Gasteiger partial charge in [0.1, 0.15) is 5.75 Å². The molecule has 0 radical (unpaired) electrons. The fourth-order valence-electron chi connectivity index (χ4n) is 7.24. The summed E-state index contributed by atoms with van der Waals surface area (Å²) in [6, 6.07) is 15.6. The normalized spacial score (nSPS) is 33.3. The van der Waals surface area contributed by atoms with Gasteiger partial charge in [-0.15, -0.1) is 0 Å². The maximum absolute atomic E-state index is 10.7. The maximum Gasteiger partial charge on any atom is 0.116 e. The van der Waals surface area contributed by atoms with E-state index in [0.29, 0.717) is 23.1 Å². The number of benzene rings is 2. The molecule has 4 bridgehead atoms. The van der Waals surface area contributed by atoms with Crippen LogP contribution in [-0.4, -0.2) is 22.7 Å². The summed E-state index contributed by atoms with van der Waals surface area (Å²) >= 11 is 0. The van der Waals surface area contributed by atoms with Crippen LogP contribution in [0.1, 0.15) is 75.1 Å². The van der Waals surface area contributed by atoms with E-state index in [9.17, 15) is 5.11 Å². The molecule has 3 aliphatic rings. The zero-order valence-corrected chi connectivity index (χ0v) is 24.6. The highest BCUT2D eigenvalue weighted by molar-refractivity contribution is 8.76. The van der Waals surface area contributed by atoms with E-state index in [-0.39, 0.29) is 0 Å². The predicted octanol–water partition coefficient (Wildman–Crippen LogP) is 8.42. The number of hydrogen-bond donors (Lipinski definition) is 2. The first-order valence-electron chi connectivity index (χ1n) is 14.4. The van der Waals surface area contributed by atoms with Crippen LogP contribution in [0, 0.1) is 29.1 Å². The molecule has 1 aliphatic heterocycles. The average molecular weight is 536 g/mol. The standard InChI is InChI=1S/C33H45NOS2/c1-23-7-6-10-33(3,19-23)31-15-25-11-26-12-27(18-32(35)17-26)14-29-8-4-5-9-30(29)20-34-24(2)21-36-37-22-28(13-25)16-31/h4-6,8-10,12,17-18,23-25,28,31,34-35H,7,11,13-16,19-22H2,1-3H3/t23-,24-,25+,28-,31-,33-/m0/s1. The number of rotatable bonds is 1. The number of phenolic OH excluding ortho intramolecular Hbond substituents is 1. The minimum absolute atomic E-state index is 0.331. The minimum Gasteiger partial charge on any atom is -0.508 e. The zero-order valence-electron chi connectivity index (χ0n) is 22.9. The van der Waals surface area contributed by atoms with Gasteiger partial charge in [0.2, 0.25) is 0 Å². The maximum atomic E-state index is 10.7. The van der Waals surface area contributed by atoms with E-state index in [1.165, 1.54) is 60.1 Å². The quantitative estimate of drug-likeness (QED) is 0.283. The SMILES string of the molecule is C[C@H]1CC=C[C@](C)([C@H]2C[C@@H]3Cc4cc(O)cc(c4)Cc4ccccc4CN[C@@H](C)CSSC[C@@H](C3)C2)C1. The number of hydrogen-bond acceptors (Lipinski definition) is 4. The largest absolute Gasteiger partial charge is 0.508 e. The van der Waals surface area contributed by atoms with Gasteiger partial charge in [0, 0.05) is 24.1 Å². The van der Waals surface area contributed by atoms with Crippen LogP contribution in [0.5, 0.6) is 5.75 Å². The highest BCUT2D eigenvalue weighted by Crippen LogP contribution is 2.50. The van der Waals surface area contributed by atoms with Crippen LogP contribution in [0.3, 0.4) is 0 Å². The van der Waals surface area contributed by atoms with Gasteiger partial charge < -0.3 is 10.4 Å². The van der Waals surface area contributed by atoms with Crippen molar-refractivity contribution in [2.24, 2.45) is 29.1 Å². The fraction of sp³-hybridized carbons (Fsp3) is 0.576. The Bertz CT molecular complexity index is 1080. The van der Waals surface area contributed by atoms with Crippen molar-refractivity contribution in [2.45, 2.75) is 78.3 Å². The second-order valence-corrected chi connectivity index (χ2v) is 15.1. The molecule has 1 saturated carbocycles. The van der Waals surface area contributed by atoms with Gasteiger partial charge in [0.05, 0.1) is 0 Å². The molecule has 200 valence electrons. The molecule has 0 amide bonds. The lowest BCUT2D eigenvalue weighted by Gasteiger charge is -2.46. The van der Waals surface area contributed by atoms with Crippen LogP contribution in [0.25, 0.3) is 0 Å². The molecular formula is C33H45NOS2. The molecule has 1 heterocycles. The Morgan fingerprint density at radius 2 is 1.68 bits per heavy atom. The van der Waals surface area contributed by atoms with Crippen LogP contribution in [-0.2, 0) is 19.4 Å². The smallest absolute Gasteiger partial charge is 0.116 e. The molecule has 2 aromatic rings. The van der Waals surface area contributed by atoms with E-state index in [4.69, 9.17) is 0 Å². The Labute approximate surface area is 232 Å². The molecule has 0 saturated heterocycles. The van der Waals surface area contributed by atoms with Crippen molar-refractivity contribution in [1.82, 2.24) is 5.32 Å². The van der Waals surface area contributed by atoms with E-state index in [2.05, 4.69) is 90.2 Å². The first-order valence-corrected chi connectivity index (χ1v) is 16.9.